The van der Waals surface area contributed by atoms with Crippen LogP contribution < -0.4 is 0 Å². The molecular formula is C19H23F3N4O5. The quantitative estimate of drug-likeness (QED) is 0.723. The number of hydrogen-bond donors (Lipinski definition) is 1. The molecule has 0 radical (unpaired) electrons. The maximum absolute atomic E-state index is 12.2. The second kappa shape index (κ2) is 11.4. The number of methoxy groups -OCH3 is 1. The van der Waals surface area contributed by atoms with Crippen LogP contribution >= 0.6 is 0 Å². The van der Waals surface area contributed by atoms with Crippen LogP contribution in [0.5, 0.6) is 0 Å². The SMILES string of the molecule is COCC(=O)N1Cc2ccnn2CC(COCc2ccccn2)C1.O=C(O)C(F)(F)F. The summed E-state index contributed by atoms with van der Waals surface area (Å²) in [4.78, 5) is 27.2. The Morgan fingerprint density at radius 3 is 2.58 bits per heavy atom. The van der Waals surface area contributed by atoms with Crippen molar-refractivity contribution < 1.29 is 37.3 Å². The number of carboxylic acids is 1. The van der Waals surface area contributed by atoms with E-state index in [1.807, 2.05) is 33.8 Å². The molecule has 1 unspecified atom stereocenters. The summed E-state index contributed by atoms with van der Waals surface area (Å²) in [6, 6.07) is 7.71. The van der Waals surface area contributed by atoms with Crippen molar-refractivity contribution in [3.05, 3.63) is 48.0 Å². The normalized spacial score (nSPS) is 16.0. The second-order valence-electron chi connectivity index (χ2n) is 6.72. The Labute approximate surface area is 176 Å². The molecule has 1 amide bonds. The summed E-state index contributed by atoms with van der Waals surface area (Å²) in [5, 5.41) is 11.5. The monoisotopic (exact) mass is 444 g/mol. The highest BCUT2D eigenvalue weighted by Crippen LogP contribution is 2.17. The van der Waals surface area contributed by atoms with Gasteiger partial charge in [0.25, 0.3) is 0 Å². The molecule has 2 aromatic rings. The minimum absolute atomic E-state index is 0.0122. The van der Waals surface area contributed by atoms with E-state index >= 15 is 0 Å². The summed E-state index contributed by atoms with van der Waals surface area (Å²) < 4.78 is 44.5. The summed E-state index contributed by atoms with van der Waals surface area (Å²) in [7, 11) is 1.54. The Balaban J connectivity index is 0.000000423. The van der Waals surface area contributed by atoms with Gasteiger partial charge in [-0.25, -0.2) is 4.79 Å². The molecule has 0 fully saturated rings. The molecule has 2 aromatic heterocycles. The number of aromatic nitrogens is 3. The lowest BCUT2D eigenvalue weighted by Gasteiger charge is -2.23. The highest BCUT2D eigenvalue weighted by atomic mass is 19.4. The van der Waals surface area contributed by atoms with Crippen LogP contribution in [0, 0.1) is 5.92 Å². The van der Waals surface area contributed by atoms with E-state index in [4.69, 9.17) is 19.4 Å². The number of alkyl halides is 3. The molecule has 1 N–H and O–H groups in total. The number of fused-ring (bicyclic) bond motifs is 1. The first-order valence-corrected chi connectivity index (χ1v) is 9.26. The number of carbonyl (C=O) groups excluding carboxylic acids is 1. The van der Waals surface area contributed by atoms with Crippen LogP contribution in [0.4, 0.5) is 13.2 Å². The molecule has 3 rings (SSSR count). The molecule has 1 aliphatic rings. The molecule has 0 aliphatic carbocycles. The van der Waals surface area contributed by atoms with E-state index in [-0.39, 0.29) is 18.4 Å². The zero-order valence-corrected chi connectivity index (χ0v) is 16.8. The first kappa shape index (κ1) is 24.3. The van der Waals surface area contributed by atoms with Crippen LogP contribution in [0.2, 0.25) is 0 Å². The van der Waals surface area contributed by atoms with E-state index in [0.29, 0.717) is 26.3 Å². The minimum Gasteiger partial charge on any atom is -0.475 e. The molecule has 0 aromatic carbocycles. The maximum atomic E-state index is 12.2. The van der Waals surface area contributed by atoms with Crippen molar-refractivity contribution in [1.29, 1.82) is 0 Å². The molecule has 31 heavy (non-hydrogen) atoms. The number of hydrogen-bond acceptors (Lipinski definition) is 6. The van der Waals surface area contributed by atoms with Crippen LogP contribution in [-0.4, -0.2) is 69.7 Å². The van der Waals surface area contributed by atoms with Gasteiger partial charge in [0.1, 0.15) is 6.61 Å². The second-order valence-corrected chi connectivity index (χ2v) is 6.72. The van der Waals surface area contributed by atoms with Gasteiger partial charge in [-0.05, 0) is 18.2 Å². The van der Waals surface area contributed by atoms with Crippen molar-refractivity contribution in [2.24, 2.45) is 5.92 Å². The molecule has 170 valence electrons. The van der Waals surface area contributed by atoms with Gasteiger partial charge in [0.05, 0.1) is 31.1 Å². The highest BCUT2D eigenvalue weighted by Gasteiger charge is 2.38. The minimum atomic E-state index is -5.08. The van der Waals surface area contributed by atoms with Gasteiger partial charge in [-0.15, -0.1) is 0 Å². The number of halogens is 3. The number of ether oxygens (including phenoxy) is 2. The van der Waals surface area contributed by atoms with Crippen molar-refractivity contribution in [3.63, 3.8) is 0 Å². The van der Waals surface area contributed by atoms with Gasteiger partial charge in [-0.3, -0.25) is 14.5 Å². The summed E-state index contributed by atoms with van der Waals surface area (Å²) in [5.74, 6) is -2.59. The standard InChI is InChI=1S/C17H22N4O3.C2HF3O2/c1-23-13-17(22)20-8-14(9-21-16(10-20)5-7-19-21)11-24-12-15-4-2-3-6-18-15;3-2(4,5)1(6)7/h2-7,14H,8-13H2,1H3;(H,6,7). The zero-order chi connectivity index (χ0) is 22.9. The number of carbonyl (C=O) groups is 2. The Bertz CT molecular complexity index is 845. The molecule has 9 nitrogen and oxygen atoms in total. The first-order chi connectivity index (χ1) is 14.7. The maximum Gasteiger partial charge on any atom is 0.490 e. The van der Waals surface area contributed by atoms with Gasteiger partial charge in [-0.2, -0.15) is 18.3 Å². The van der Waals surface area contributed by atoms with Crippen molar-refractivity contribution in [2.45, 2.75) is 25.9 Å². The van der Waals surface area contributed by atoms with Crippen molar-refractivity contribution in [2.75, 3.05) is 26.9 Å². The van der Waals surface area contributed by atoms with Crippen LogP contribution in [0.1, 0.15) is 11.4 Å². The van der Waals surface area contributed by atoms with Gasteiger partial charge >= 0.3 is 12.1 Å². The third-order valence-electron chi connectivity index (χ3n) is 4.26. The molecule has 0 spiro atoms. The largest absolute Gasteiger partial charge is 0.490 e. The molecule has 0 saturated heterocycles. The highest BCUT2D eigenvalue weighted by molar-refractivity contribution is 5.77. The van der Waals surface area contributed by atoms with Gasteiger partial charge in [0, 0.05) is 38.5 Å². The van der Waals surface area contributed by atoms with E-state index in [9.17, 15) is 18.0 Å². The zero-order valence-electron chi connectivity index (χ0n) is 16.8. The number of nitrogens with zero attached hydrogens (tertiary/aromatic N) is 4. The predicted molar refractivity (Wildman–Crippen MR) is 101 cm³/mol. The van der Waals surface area contributed by atoms with Crippen molar-refractivity contribution in [1.82, 2.24) is 19.7 Å². The third kappa shape index (κ3) is 7.98. The van der Waals surface area contributed by atoms with Crippen LogP contribution in [0.25, 0.3) is 0 Å². The average molecular weight is 444 g/mol. The van der Waals surface area contributed by atoms with Crippen LogP contribution in [0.3, 0.4) is 0 Å². The molecule has 1 atom stereocenters. The lowest BCUT2D eigenvalue weighted by molar-refractivity contribution is -0.192. The Morgan fingerprint density at radius 2 is 1.97 bits per heavy atom. The summed E-state index contributed by atoms with van der Waals surface area (Å²) in [5.41, 5.74) is 1.94. The Hall–Kier alpha value is -2.99. The van der Waals surface area contributed by atoms with Gasteiger partial charge in [-0.1, -0.05) is 6.07 Å². The van der Waals surface area contributed by atoms with E-state index < -0.39 is 12.1 Å². The molecule has 3 heterocycles. The van der Waals surface area contributed by atoms with E-state index in [1.165, 1.54) is 7.11 Å². The molecule has 0 bridgehead atoms. The lowest BCUT2D eigenvalue weighted by atomic mass is 10.1. The number of carboxylic acid groups (broad SMARTS) is 1. The summed E-state index contributed by atoms with van der Waals surface area (Å²) in [6.45, 7) is 3.03. The molecule has 12 heteroatoms. The molecule has 0 saturated carbocycles. The van der Waals surface area contributed by atoms with Crippen molar-refractivity contribution in [3.8, 4) is 0 Å². The third-order valence-corrected chi connectivity index (χ3v) is 4.26. The lowest BCUT2D eigenvalue weighted by Crippen LogP contribution is -2.37. The number of amides is 1. The molecule has 1 aliphatic heterocycles. The van der Waals surface area contributed by atoms with Crippen LogP contribution in [-0.2, 0) is 38.8 Å². The topological polar surface area (TPSA) is 107 Å². The number of pyridine rings is 1. The van der Waals surface area contributed by atoms with Gasteiger partial charge in [0.15, 0.2) is 0 Å². The number of aliphatic carboxylic acids is 1. The van der Waals surface area contributed by atoms with Gasteiger partial charge < -0.3 is 19.5 Å². The first-order valence-electron chi connectivity index (χ1n) is 9.26. The smallest absolute Gasteiger partial charge is 0.475 e. The van der Waals surface area contributed by atoms with Crippen molar-refractivity contribution >= 4 is 11.9 Å². The van der Waals surface area contributed by atoms with E-state index in [1.54, 1.807) is 12.4 Å². The fourth-order valence-electron chi connectivity index (χ4n) is 2.86. The van der Waals surface area contributed by atoms with E-state index in [0.717, 1.165) is 17.9 Å². The van der Waals surface area contributed by atoms with E-state index in [2.05, 4.69) is 10.1 Å². The fourth-order valence-corrected chi connectivity index (χ4v) is 2.86. The average Bonchev–Trinajstić information content (AvgIpc) is 3.07. The van der Waals surface area contributed by atoms with Crippen LogP contribution in [0.15, 0.2) is 36.7 Å². The fraction of sp³-hybridized carbons (Fsp3) is 0.474. The molecular weight excluding hydrogens is 421 g/mol. The summed E-state index contributed by atoms with van der Waals surface area (Å²) >= 11 is 0. The predicted octanol–water partition coefficient (Wildman–Crippen LogP) is 1.73. The summed E-state index contributed by atoms with van der Waals surface area (Å²) in [6.07, 6.45) is -1.56. The number of rotatable bonds is 6. The Kier molecular flexibility index (Phi) is 8.94. The Morgan fingerprint density at radius 1 is 1.23 bits per heavy atom. The van der Waals surface area contributed by atoms with Gasteiger partial charge in [0.2, 0.25) is 5.91 Å².